The molecule has 0 aromatic heterocycles. The molecule has 0 aliphatic rings. The highest BCUT2D eigenvalue weighted by Crippen LogP contribution is 2.50. The fraction of sp³-hybridized carbons (Fsp3) is 1.00. The molecular weight excluding hydrogens is 275 g/mol. The second kappa shape index (κ2) is 12.4. The lowest BCUT2D eigenvalue weighted by Crippen LogP contribution is -1.99. The molecule has 0 atom stereocenters. The number of rotatable bonds is 13. The maximum atomic E-state index is 11.8. The molecule has 0 saturated carbocycles. The number of phosphoric acid groups is 1. The first kappa shape index (κ1) is 18.4. The van der Waals surface area contributed by atoms with Gasteiger partial charge < -0.3 is 0 Å². The smallest absolute Gasteiger partial charge is 0.286 e. The molecule has 0 bridgehead atoms. The molecule has 0 spiro atoms. The first-order chi connectivity index (χ1) is 8.68. The lowest BCUT2D eigenvalue weighted by molar-refractivity contribution is 0.154. The minimum atomic E-state index is -3.53. The molecule has 0 saturated heterocycles. The Bertz CT molecular complexity index is 208. The number of hydrogen-bond donors (Lipinski definition) is 0. The van der Waals surface area contributed by atoms with Gasteiger partial charge >= 0.3 is 7.82 Å². The zero-order valence-electron chi connectivity index (χ0n) is 11.5. The summed E-state index contributed by atoms with van der Waals surface area (Å²) in [5.41, 5.74) is 0. The Hall–Kier alpha value is 0.400. The molecule has 6 heteroatoms. The summed E-state index contributed by atoms with van der Waals surface area (Å²) in [6.07, 6.45) is 8.38. The van der Waals surface area contributed by atoms with Crippen molar-refractivity contribution in [2.24, 2.45) is 0 Å². The third kappa shape index (κ3) is 10.3. The molecule has 0 aromatic carbocycles. The average Bonchev–Trinajstić information content (AvgIpc) is 2.38. The van der Waals surface area contributed by atoms with Crippen molar-refractivity contribution in [3.8, 4) is 0 Å². The Kier molecular flexibility index (Phi) is 12.7. The lowest BCUT2D eigenvalue weighted by atomic mass is 10.2. The van der Waals surface area contributed by atoms with E-state index in [2.05, 4.69) is 17.9 Å². The van der Waals surface area contributed by atoms with Gasteiger partial charge in [-0.2, -0.15) is 4.08 Å². The third-order valence-corrected chi connectivity index (χ3v) is 4.25. The predicted molar refractivity (Wildman–Crippen MR) is 74.7 cm³/mol. The highest BCUT2D eigenvalue weighted by Gasteiger charge is 2.25. The van der Waals surface area contributed by atoms with Crippen molar-refractivity contribution in [1.82, 2.24) is 0 Å². The first-order valence-corrected chi connectivity index (χ1v) is 8.65. The van der Waals surface area contributed by atoms with E-state index in [1.165, 1.54) is 0 Å². The molecule has 4 nitrogen and oxygen atoms in total. The van der Waals surface area contributed by atoms with Crippen LogP contribution in [0.2, 0.25) is 0 Å². The van der Waals surface area contributed by atoms with Crippen molar-refractivity contribution in [2.75, 3.05) is 13.2 Å². The van der Waals surface area contributed by atoms with Gasteiger partial charge in [-0.3, -0.25) is 9.05 Å². The lowest BCUT2D eigenvalue weighted by Gasteiger charge is -2.14. The Morgan fingerprint density at radius 3 is 1.61 bits per heavy atom. The normalized spacial score (nSPS) is 11.9. The Balaban J connectivity index is 3.64. The second-order valence-corrected chi connectivity index (χ2v) is 6.27. The van der Waals surface area contributed by atoms with Crippen LogP contribution in [-0.4, -0.2) is 13.2 Å². The van der Waals surface area contributed by atoms with Gasteiger partial charge in [0.1, 0.15) is 0 Å². The summed E-state index contributed by atoms with van der Waals surface area (Å²) in [6.45, 7) is 4.98. The summed E-state index contributed by atoms with van der Waals surface area (Å²) in [5, 5.41) is 0. The number of unbranched alkanes of at least 4 members (excludes halogenated alkanes) is 6. The van der Waals surface area contributed by atoms with E-state index in [4.69, 9.17) is 20.9 Å². The highest BCUT2D eigenvalue weighted by atomic mass is 35.5. The third-order valence-electron chi connectivity index (χ3n) is 2.58. The standard InChI is InChI=1S/C12H26ClO4P/c1-3-5-7-9-11-15-18(14,17-13)16-12-10-8-6-4-2/h3-12H2,1-2H3. The molecule has 18 heavy (non-hydrogen) atoms. The number of phosphoric ester groups is 1. The zero-order chi connectivity index (χ0) is 13.7. The van der Waals surface area contributed by atoms with Crippen LogP contribution in [-0.2, 0) is 17.7 Å². The molecule has 0 amide bonds. The molecule has 0 radical (unpaired) electrons. The van der Waals surface area contributed by atoms with Gasteiger partial charge in [-0.25, -0.2) is 4.57 Å². The maximum absolute atomic E-state index is 11.8. The molecule has 0 rings (SSSR count). The Morgan fingerprint density at radius 2 is 1.28 bits per heavy atom. The molecule has 0 aliphatic carbocycles. The van der Waals surface area contributed by atoms with E-state index >= 15 is 0 Å². The van der Waals surface area contributed by atoms with Crippen molar-refractivity contribution in [3.05, 3.63) is 0 Å². The summed E-state index contributed by atoms with van der Waals surface area (Å²) in [5.74, 6) is 0. The van der Waals surface area contributed by atoms with Gasteiger partial charge in [-0.05, 0) is 12.8 Å². The largest absolute Gasteiger partial charge is 0.491 e. The van der Waals surface area contributed by atoms with Crippen LogP contribution in [0, 0.1) is 0 Å². The molecule has 110 valence electrons. The summed E-state index contributed by atoms with van der Waals surface area (Å²) in [7, 11) is -3.53. The van der Waals surface area contributed by atoms with E-state index in [-0.39, 0.29) is 0 Å². The van der Waals surface area contributed by atoms with Crippen LogP contribution in [0.3, 0.4) is 0 Å². The van der Waals surface area contributed by atoms with Crippen LogP contribution in [0.5, 0.6) is 0 Å². The fourth-order valence-electron chi connectivity index (χ4n) is 1.49. The van der Waals surface area contributed by atoms with Gasteiger partial charge in [0.25, 0.3) is 0 Å². The Morgan fingerprint density at radius 1 is 0.833 bits per heavy atom. The van der Waals surface area contributed by atoms with E-state index in [1.54, 1.807) is 0 Å². The molecule has 0 unspecified atom stereocenters. The van der Waals surface area contributed by atoms with E-state index < -0.39 is 7.82 Å². The van der Waals surface area contributed by atoms with E-state index in [9.17, 15) is 4.57 Å². The van der Waals surface area contributed by atoms with Crippen LogP contribution < -0.4 is 0 Å². The van der Waals surface area contributed by atoms with E-state index in [0.29, 0.717) is 13.2 Å². The molecule has 0 aromatic rings. The molecule has 0 heterocycles. The summed E-state index contributed by atoms with van der Waals surface area (Å²) in [4.78, 5) is 0. The number of hydrogen-bond acceptors (Lipinski definition) is 4. The molecule has 0 N–H and O–H groups in total. The minimum Gasteiger partial charge on any atom is -0.286 e. The quantitative estimate of drug-likeness (QED) is 0.335. The molecule has 0 aliphatic heterocycles. The van der Waals surface area contributed by atoms with Crippen molar-refractivity contribution in [2.45, 2.75) is 65.2 Å². The second-order valence-electron chi connectivity index (χ2n) is 4.30. The van der Waals surface area contributed by atoms with Gasteiger partial charge in [0.2, 0.25) is 0 Å². The van der Waals surface area contributed by atoms with Crippen LogP contribution >= 0.6 is 19.7 Å². The van der Waals surface area contributed by atoms with Gasteiger partial charge in [0.15, 0.2) is 0 Å². The molecular formula is C12H26ClO4P. The zero-order valence-corrected chi connectivity index (χ0v) is 13.2. The Labute approximate surface area is 116 Å². The van der Waals surface area contributed by atoms with Crippen molar-refractivity contribution in [1.29, 1.82) is 0 Å². The van der Waals surface area contributed by atoms with Crippen LogP contribution in [0.4, 0.5) is 0 Å². The minimum absolute atomic E-state index is 0.360. The van der Waals surface area contributed by atoms with Gasteiger partial charge in [-0.15, -0.1) is 0 Å². The van der Waals surface area contributed by atoms with Crippen LogP contribution in [0.15, 0.2) is 0 Å². The first-order valence-electron chi connectivity index (χ1n) is 6.88. The summed E-state index contributed by atoms with van der Waals surface area (Å²) >= 11 is 5.18. The number of halogens is 1. The monoisotopic (exact) mass is 300 g/mol. The van der Waals surface area contributed by atoms with Gasteiger partial charge in [-0.1, -0.05) is 52.4 Å². The van der Waals surface area contributed by atoms with Crippen molar-refractivity contribution in [3.63, 3.8) is 0 Å². The van der Waals surface area contributed by atoms with Crippen LogP contribution in [0.25, 0.3) is 0 Å². The summed E-state index contributed by atoms with van der Waals surface area (Å²) < 4.78 is 26.4. The predicted octanol–water partition coefficient (Wildman–Crippen LogP) is 5.46. The topological polar surface area (TPSA) is 44.8 Å². The SMILES string of the molecule is CCCCCCOP(=O)(OCl)OCCCCCC. The average molecular weight is 301 g/mol. The molecule has 0 fully saturated rings. The maximum Gasteiger partial charge on any atom is 0.491 e. The van der Waals surface area contributed by atoms with E-state index in [0.717, 1.165) is 51.4 Å². The van der Waals surface area contributed by atoms with Gasteiger partial charge in [0, 0.05) is 0 Å². The highest BCUT2D eigenvalue weighted by molar-refractivity contribution is 7.49. The van der Waals surface area contributed by atoms with Gasteiger partial charge in [0.05, 0.1) is 25.1 Å². The van der Waals surface area contributed by atoms with Crippen molar-refractivity contribution < 1.29 is 17.7 Å². The fourth-order valence-corrected chi connectivity index (χ4v) is 2.59. The summed E-state index contributed by atoms with van der Waals surface area (Å²) in [6, 6.07) is 0. The van der Waals surface area contributed by atoms with E-state index in [1.807, 2.05) is 0 Å². The van der Waals surface area contributed by atoms with Crippen LogP contribution in [0.1, 0.15) is 65.2 Å². The van der Waals surface area contributed by atoms with Crippen molar-refractivity contribution >= 4 is 19.7 Å².